The number of benzene rings is 1. The molecule has 0 radical (unpaired) electrons. The summed E-state index contributed by atoms with van der Waals surface area (Å²) in [5.41, 5.74) is -0.262. The molecule has 8 heteroatoms. The molecule has 0 fully saturated rings. The van der Waals surface area contributed by atoms with E-state index in [1.54, 1.807) is 18.2 Å². The van der Waals surface area contributed by atoms with E-state index in [1.165, 1.54) is 18.5 Å². The summed E-state index contributed by atoms with van der Waals surface area (Å²) < 4.78 is 39.4. The van der Waals surface area contributed by atoms with E-state index < -0.39 is 17.5 Å². The van der Waals surface area contributed by atoms with Crippen LogP contribution in [0.2, 0.25) is 0 Å². The smallest absolute Gasteiger partial charge is 0.347 e. The second-order valence-electron chi connectivity index (χ2n) is 4.71. The number of Topliss-reactive ketones (excluding diaryl/α,β-unsaturated/α-hetero) is 1. The van der Waals surface area contributed by atoms with Gasteiger partial charge in [0.2, 0.25) is 5.82 Å². The number of carbonyl (C=O) groups excluding carboxylic acids is 1. The summed E-state index contributed by atoms with van der Waals surface area (Å²) in [7, 11) is 0. The number of fused-ring (bicyclic) bond motifs is 1. The van der Waals surface area contributed by atoms with Crippen molar-refractivity contribution in [2.24, 2.45) is 0 Å². The number of rotatable bonds is 1. The van der Waals surface area contributed by atoms with Crippen molar-refractivity contribution in [2.45, 2.75) is 6.18 Å². The predicted octanol–water partition coefficient (Wildman–Crippen LogP) is 3.87. The Morgan fingerprint density at radius 2 is 1.88 bits per heavy atom. The molecule has 1 N–H and O–H groups in total. The van der Waals surface area contributed by atoms with Gasteiger partial charge in [0, 0.05) is 27.8 Å². The summed E-state index contributed by atoms with van der Waals surface area (Å²) in [5, 5.41) is 0.152. The molecule has 0 spiro atoms. The van der Waals surface area contributed by atoms with Crippen molar-refractivity contribution >= 4 is 32.6 Å². The van der Waals surface area contributed by atoms with E-state index in [9.17, 15) is 18.0 Å². The minimum absolute atomic E-state index is 0.127. The van der Waals surface area contributed by atoms with Crippen LogP contribution in [-0.4, -0.2) is 26.9 Å². The first-order valence-corrected chi connectivity index (χ1v) is 7.37. The molecule has 24 heavy (non-hydrogen) atoms. The standard InChI is InChI=1S/C16H7BrF3N3O/c17-9-2-3-10-12(8-9)23-11(14(10)15(24)16(18,19)20)4-5-13-21-6-1-7-22-13/h1-3,6-8,23H. The number of nitrogens with zero attached hydrogens (tertiary/aromatic N) is 2. The molecule has 0 saturated carbocycles. The molecule has 3 rings (SSSR count). The molecule has 0 unspecified atom stereocenters. The lowest BCUT2D eigenvalue weighted by atomic mass is 10.1. The van der Waals surface area contributed by atoms with Crippen molar-refractivity contribution in [1.82, 2.24) is 15.0 Å². The van der Waals surface area contributed by atoms with Gasteiger partial charge in [-0.2, -0.15) is 13.2 Å². The highest BCUT2D eigenvalue weighted by molar-refractivity contribution is 9.10. The highest BCUT2D eigenvalue weighted by Gasteiger charge is 2.41. The number of ketones is 1. The van der Waals surface area contributed by atoms with E-state index in [4.69, 9.17) is 0 Å². The zero-order chi connectivity index (χ0) is 17.3. The first-order valence-electron chi connectivity index (χ1n) is 6.58. The van der Waals surface area contributed by atoms with Crippen LogP contribution >= 0.6 is 15.9 Å². The molecule has 0 saturated heterocycles. The van der Waals surface area contributed by atoms with E-state index in [2.05, 4.69) is 42.7 Å². The van der Waals surface area contributed by atoms with Crippen molar-refractivity contribution in [3.63, 3.8) is 0 Å². The van der Waals surface area contributed by atoms with Crippen LogP contribution in [0.3, 0.4) is 0 Å². The number of carbonyl (C=O) groups is 1. The maximum atomic E-state index is 12.9. The predicted molar refractivity (Wildman–Crippen MR) is 84.4 cm³/mol. The van der Waals surface area contributed by atoms with Gasteiger partial charge < -0.3 is 4.98 Å². The molecule has 0 amide bonds. The molecule has 0 aliphatic heterocycles. The third-order valence-corrected chi connectivity index (χ3v) is 3.60. The summed E-state index contributed by atoms with van der Waals surface area (Å²) in [5.74, 6) is 3.26. The van der Waals surface area contributed by atoms with Gasteiger partial charge in [0.15, 0.2) is 0 Å². The Kier molecular flexibility index (Phi) is 4.11. The lowest BCUT2D eigenvalue weighted by molar-refractivity contribution is -0.0884. The quantitative estimate of drug-likeness (QED) is 0.504. The van der Waals surface area contributed by atoms with Gasteiger partial charge in [-0.25, -0.2) is 9.97 Å². The third-order valence-electron chi connectivity index (χ3n) is 3.11. The zero-order valence-corrected chi connectivity index (χ0v) is 13.4. The minimum Gasteiger partial charge on any atom is -0.347 e. The van der Waals surface area contributed by atoms with Crippen molar-refractivity contribution in [1.29, 1.82) is 0 Å². The summed E-state index contributed by atoms with van der Waals surface area (Å²) >= 11 is 3.24. The largest absolute Gasteiger partial charge is 0.454 e. The summed E-state index contributed by atoms with van der Waals surface area (Å²) in [6.45, 7) is 0. The number of aromatic amines is 1. The van der Waals surface area contributed by atoms with Gasteiger partial charge in [0.05, 0.1) is 5.56 Å². The molecule has 2 aromatic heterocycles. The highest BCUT2D eigenvalue weighted by Crippen LogP contribution is 2.31. The zero-order valence-electron chi connectivity index (χ0n) is 11.8. The van der Waals surface area contributed by atoms with E-state index in [-0.39, 0.29) is 16.9 Å². The van der Waals surface area contributed by atoms with Gasteiger partial charge >= 0.3 is 6.18 Å². The van der Waals surface area contributed by atoms with Crippen molar-refractivity contribution in [3.8, 4) is 11.8 Å². The molecule has 0 atom stereocenters. The number of aromatic nitrogens is 3. The highest BCUT2D eigenvalue weighted by atomic mass is 79.9. The lowest BCUT2D eigenvalue weighted by Gasteiger charge is -2.04. The Morgan fingerprint density at radius 3 is 2.54 bits per heavy atom. The summed E-state index contributed by atoms with van der Waals surface area (Å²) in [6, 6.07) is 6.15. The van der Waals surface area contributed by atoms with Crippen LogP contribution in [0.5, 0.6) is 0 Å². The van der Waals surface area contributed by atoms with Crippen molar-refractivity contribution < 1.29 is 18.0 Å². The van der Waals surface area contributed by atoms with E-state index >= 15 is 0 Å². The van der Waals surface area contributed by atoms with Crippen LogP contribution in [-0.2, 0) is 0 Å². The maximum Gasteiger partial charge on any atom is 0.454 e. The molecule has 4 nitrogen and oxygen atoms in total. The Hall–Kier alpha value is -2.66. The maximum absolute atomic E-state index is 12.9. The van der Waals surface area contributed by atoms with E-state index in [0.29, 0.717) is 9.99 Å². The van der Waals surface area contributed by atoms with Crippen LogP contribution in [0.25, 0.3) is 10.9 Å². The fourth-order valence-corrected chi connectivity index (χ4v) is 2.48. The van der Waals surface area contributed by atoms with Crippen molar-refractivity contribution in [2.75, 3.05) is 0 Å². The first-order chi connectivity index (χ1) is 11.4. The van der Waals surface area contributed by atoms with Gasteiger partial charge in [-0.15, -0.1) is 0 Å². The molecular formula is C16H7BrF3N3O. The number of nitrogens with one attached hydrogen (secondary N) is 1. The summed E-state index contributed by atoms with van der Waals surface area (Å²) in [4.78, 5) is 22.3. The van der Waals surface area contributed by atoms with Crippen LogP contribution < -0.4 is 0 Å². The number of halogens is 4. The van der Waals surface area contributed by atoms with Crippen LogP contribution in [0, 0.1) is 11.8 Å². The molecule has 120 valence electrons. The lowest BCUT2D eigenvalue weighted by Crippen LogP contribution is -2.23. The Labute approximate surface area is 142 Å². The Bertz CT molecular complexity index is 985. The van der Waals surface area contributed by atoms with E-state index in [1.807, 2.05) is 0 Å². The van der Waals surface area contributed by atoms with Crippen LogP contribution in [0.15, 0.2) is 41.1 Å². The average Bonchev–Trinajstić information content (AvgIpc) is 2.89. The van der Waals surface area contributed by atoms with Crippen LogP contribution in [0.4, 0.5) is 13.2 Å². The monoisotopic (exact) mass is 393 g/mol. The number of H-pyrrole nitrogens is 1. The van der Waals surface area contributed by atoms with Gasteiger partial charge in [-0.1, -0.05) is 22.0 Å². The average molecular weight is 394 g/mol. The Morgan fingerprint density at radius 1 is 1.17 bits per heavy atom. The molecule has 1 aromatic carbocycles. The third kappa shape index (κ3) is 3.16. The second kappa shape index (κ2) is 6.09. The fourth-order valence-electron chi connectivity index (χ4n) is 2.12. The van der Waals surface area contributed by atoms with Gasteiger partial charge in [0.25, 0.3) is 5.78 Å². The summed E-state index contributed by atoms with van der Waals surface area (Å²) in [6.07, 6.45) is -2.08. The number of hydrogen-bond donors (Lipinski definition) is 1. The van der Waals surface area contributed by atoms with Gasteiger partial charge in [-0.05, 0) is 30.0 Å². The normalized spacial score (nSPS) is 11.2. The van der Waals surface area contributed by atoms with Gasteiger partial charge in [0.1, 0.15) is 5.69 Å². The van der Waals surface area contributed by atoms with E-state index in [0.717, 1.165) is 0 Å². The fraction of sp³-hybridized carbons (Fsp3) is 0.0625. The minimum atomic E-state index is -5.00. The first kappa shape index (κ1) is 16.2. The SMILES string of the molecule is O=C(c1c(C#Cc2ncccn2)[nH]c2cc(Br)ccc12)C(F)(F)F. The van der Waals surface area contributed by atoms with Crippen LogP contribution in [0.1, 0.15) is 21.9 Å². The van der Waals surface area contributed by atoms with Crippen molar-refractivity contribution in [3.05, 3.63) is 58.2 Å². The Balaban J connectivity index is 2.20. The molecule has 0 aliphatic carbocycles. The second-order valence-corrected chi connectivity index (χ2v) is 5.63. The molecule has 2 heterocycles. The topological polar surface area (TPSA) is 58.6 Å². The number of alkyl halides is 3. The molecule has 3 aromatic rings. The number of hydrogen-bond acceptors (Lipinski definition) is 3. The molecule has 0 aliphatic rings. The molecular weight excluding hydrogens is 387 g/mol. The molecule has 0 bridgehead atoms. The van der Waals surface area contributed by atoms with Gasteiger partial charge in [-0.3, -0.25) is 4.79 Å².